The molecule has 138 valence electrons. The number of para-hydroxylation sites is 2. The first-order chi connectivity index (χ1) is 12.5. The number of nitrogens with one attached hydrogen (secondary N) is 3. The number of nitro groups is 1. The fourth-order valence-corrected chi connectivity index (χ4v) is 2.53. The number of hydrogen-bond donors (Lipinski definition) is 3. The standard InChI is InChI=1S/C19H24N4O3/c1-3-15-8-10-16(11-9-15)14(2)22-19(24)21-13-12-20-17-6-4-5-7-18(17)23(25)26/h4-11,14,20H,3,12-13H2,1-2H3,(H2,21,22,24)/t14-/m0/s1. The molecule has 0 unspecified atom stereocenters. The maximum atomic E-state index is 12.0. The molecule has 0 aliphatic rings. The summed E-state index contributed by atoms with van der Waals surface area (Å²) in [6.07, 6.45) is 0.981. The number of nitro benzene ring substituents is 1. The summed E-state index contributed by atoms with van der Waals surface area (Å²) in [5, 5.41) is 19.5. The van der Waals surface area contributed by atoms with Gasteiger partial charge < -0.3 is 16.0 Å². The molecule has 0 aliphatic carbocycles. The maximum Gasteiger partial charge on any atom is 0.315 e. The SMILES string of the molecule is CCc1ccc([C@H](C)NC(=O)NCCNc2ccccc2[N+](=O)[O-])cc1. The highest BCUT2D eigenvalue weighted by Gasteiger charge is 2.12. The second-order valence-electron chi connectivity index (χ2n) is 5.92. The van der Waals surface area contributed by atoms with Crippen molar-refractivity contribution in [3.05, 3.63) is 69.8 Å². The van der Waals surface area contributed by atoms with Crippen LogP contribution in [-0.2, 0) is 6.42 Å². The third-order valence-corrected chi connectivity index (χ3v) is 4.06. The normalized spacial score (nSPS) is 11.5. The summed E-state index contributed by atoms with van der Waals surface area (Å²) >= 11 is 0. The molecule has 1 atom stereocenters. The molecule has 2 aromatic carbocycles. The zero-order valence-electron chi connectivity index (χ0n) is 15.0. The molecule has 0 bridgehead atoms. The Morgan fingerprint density at radius 3 is 2.46 bits per heavy atom. The van der Waals surface area contributed by atoms with Crippen LogP contribution in [0.3, 0.4) is 0 Å². The van der Waals surface area contributed by atoms with Gasteiger partial charge in [-0.05, 0) is 30.5 Å². The van der Waals surface area contributed by atoms with Gasteiger partial charge in [0, 0.05) is 19.2 Å². The van der Waals surface area contributed by atoms with Crippen LogP contribution in [0.4, 0.5) is 16.2 Å². The van der Waals surface area contributed by atoms with Crippen molar-refractivity contribution < 1.29 is 9.72 Å². The van der Waals surface area contributed by atoms with Crippen molar-refractivity contribution in [1.29, 1.82) is 0 Å². The number of carbonyl (C=O) groups is 1. The van der Waals surface area contributed by atoms with Gasteiger partial charge in [-0.3, -0.25) is 10.1 Å². The minimum absolute atomic E-state index is 0.0149. The fraction of sp³-hybridized carbons (Fsp3) is 0.316. The Balaban J connectivity index is 1.76. The Bertz CT molecular complexity index is 747. The van der Waals surface area contributed by atoms with E-state index in [2.05, 4.69) is 35.0 Å². The van der Waals surface area contributed by atoms with Gasteiger partial charge in [0.25, 0.3) is 5.69 Å². The topological polar surface area (TPSA) is 96.3 Å². The van der Waals surface area contributed by atoms with Crippen molar-refractivity contribution in [2.75, 3.05) is 18.4 Å². The second-order valence-corrected chi connectivity index (χ2v) is 5.92. The summed E-state index contributed by atoms with van der Waals surface area (Å²) in [4.78, 5) is 22.5. The molecule has 0 spiro atoms. The minimum Gasteiger partial charge on any atom is -0.378 e. The number of urea groups is 1. The Morgan fingerprint density at radius 1 is 1.12 bits per heavy atom. The fourth-order valence-electron chi connectivity index (χ4n) is 2.53. The molecule has 3 N–H and O–H groups in total. The van der Waals surface area contributed by atoms with Gasteiger partial charge in [-0.15, -0.1) is 0 Å². The van der Waals surface area contributed by atoms with Gasteiger partial charge in [-0.25, -0.2) is 4.79 Å². The first-order valence-corrected chi connectivity index (χ1v) is 8.61. The van der Waals surface area contributed by atoms with Crippen LogP contribution in [-0.4, -0.2) is 24.0 Å². The van der Waals surface area contributed by atoms with E-state index in [9.17, 15) is 14.9 Å². The number of rotatable bonds is 8. The molecule has 0 radical (unpaired) electrons. The predicted octanol–water partition coefficient (Wildman–Crippen LogP) is 3.63. The van der Waals surface area contributed by atoms with Gasteiger partial charge in [0.2, 0.25) is 0 Å². The van der Waals surface area contributed by atoms with E-state index in [1.165, 1.54) is 11.6 Å². The molecule has 2 amide bonds. The minimum atomic E-state index is -0.437. The number of nitrogens with zero attached hydrogens (tertiary/aromatic N) is 1. The monoisotopic (exact) mass is 356 g/mol. The highest BCUT2D eigenvalue weighted by Crippen LogP contribution is 2.22. The van der Waals surface area contributed by atoms with E-state index in [1.807, 2.05) is 19.1 Å². The summed E-state index contributed by atoms with van der Waals surface area (Å²) in [6.45, 7) is 4.76. The van der Waals surface area contributed by atoms with Gasteiger partial charge in [-0.2, -0.15) is 0 Å². The lowest BCUT2D eigenvalue weighted by molar-refractivity contribution is -0.384. The molecule has 0 fully saturated rings. The molecule has 26 heavy (non-hydrogen) atoms. The van der Waals surface area contributed by atoms with Crippen LogP contribution in [0.5, 0.6) is 0 Å². The van der Waals surface area contributed by atoms with E-state index in [-0.39, 0.29) is 17.8 Å². The van der Waals surface area contributed by atoms with Gasteiger partial charge in [0.05, 0.1) is 11.0 Å². The predicted molar refractivity (Wildman–Crippen MR) is 102 cm³/mol. The van der Waals surface area contributed by atoms with E-state index in [0.717, 1.165) is 12.0 Å². The van der Waals surface area contributed by atoms with E-state index in [1.54, 1.807) is 18.2 Å². The lowest BCUT2D eigenvalue weighted by Gasteiger charge is -2.16. The Kier molecular flexibility index (Phi) is 6.96. The number of benzene rings is 2. The van der Waals surface area contributed by atoms with Crippen molar-refractivity contribution in [2.45, 2.75) is 26.3 Å². The summed E-state index contributed by atoms with van der Waals surface area (Å²) in [7, 11) is 0. The van der Waals surface area contributed by atoms with Gasteiger partial charge in [0.1, 0.15) is 5.69 Å². The van der Waals surface area contributed by atoms with Crippen LogP contribution in [0, 0.1) is 10.1 Å². The average molecular weight is 356 g/mol. The Labute approximate surface area is 153 Å². The molecular formula is C19H24N4O3. The summed E-state index contributed by atoms with van der Waals surface area (Å²) in [5.74, 6) is 0. The quantitative estimate of drug-likeness (QED) is 0.382. The highest BCUT2D eigenvalue weighted by atomic mass is 16.6. The molecule has 0 saturated carbocycles. The molecule has 0 saturated heterocycles. The number of carbonyl (C=O) groups excluding carboxylic acids is 1. The van der Waals surface area contributed by atoms with Crippen molar-refractivity contribution in [1.82, 2.24) is 10.6 Å². The van der Waals surface area contributed by atoms with Gasteiger partial charge in [0.15, 0.2) is 0 Å². The Morgan fingerprint density at radius 2 is 1.81 bits per heavy atom. The van der Waals surface area contributed by atoms with E-state index < -0.39 is 4.92 Å². The number of anilines is 1. The first-order valence-electron chi connectivity index (χ1n) is 8.61. The largest absolute Gasteiger partial charge is 0.378 e. The van der Waals surface area contributed by atoms with Crippen molar-refractivity contribution in [3.63, 3.8) is 0 Å². The van der Waals surface area contributed by atoms with Crippen molar-refractivity contribution in [3.8, 4) is 0 Å². The van der Waals surface area contributed by atoms with E-state index in [0.29, 0.717) is 18.8 Å². The van der Waals surface area contributed by atoms with Crippen LogP contribution < -0.4 is 16.0 Å². The number of aryl methyl sites for hydroxylation is 1. The van der Waals surface area contributed by atoms with Crippen molar-refractivity contribution in [2.24, 2.45) is 0 Å². The Hall–Kier alpha value is -3.09. The van der Waals surface area contributed by atoms with Gasteiger partial charge in [-0.1, -0.05) is 43.3 Å². The summed E-state index contributed by atoms with van der Waals surface area (Å²) in [6, 6.07) is 14.2. The van der Waals surface area contributed by atoms with Crippen LogP contribution in [0.1, 0.15) is 31.0 Å². The molecule has 0 aromatic heterocycles. The number of hydrogen-bond acceptors (Lipinski definition) is 4. The zero-order valence-corrected chi connectivity index (χ0v) is 15.0. The molecule has 7 heteroatoms. The van der Waals surface area contributed by atoms with Crippen LogP contribution in [0.15, 0.2) is 48.5 Å². The van der Waals surface area contributed by atoms with Gasteiger partial charge >= 0.3 is 6.03 Å². The summed E-state index contributed by atoms with van der Waals surface area (Å²) in [5.41, 5.74) is 2.74. The second kappa shape index (κ2) is 9.41. The zero-order chi connectivity index (χ0) is 18.9. The molecule has 2 aromatic rings. The van der Waals surface area contributed by atoms with Crippen LogP contribution in [0.25, 0.3) is 0 Å². The molecule has 7 nitrogen and oxygen atoms in total. The van der Waals surface area contributed by atoms with Crippen LogP contribution in [0.2, 0.25) is 0 Å². The first kappa shape index (κ1) is 19.2. The van der Waals surface area contributed by atoms with E-state index >= 15 is 0 Å². The molecule has 0 heterocycles. The average Bonchev–Trinajstić information content (AvgIpc) is 2.65. The molecule has 2 rings (SSSR count). The smallest absolute Gasteiger partial charge is 0.315 e. The highest BCUT2D eigenvalue weighted by molar-refractivity contribution is 5.74. The third-order valence-electron chi connectivity index (χ3n) is 4.06. The molecule has 0 aliphatic heterocycles. The lowest BCUT2D eigenvalue weighted by atomic mass is 10.1. The molecular weight excluding hydrogens is 332 g/mol. The lowest BCUT2D eigenvalue weighted by Crippen LogP contribution is -2.39. The summed E-state index contributed by atoms with van der Waals surface area (Å²) < 4.78 is 0. The van der Waals surface area contributed by atoms with E-state index in [4.69, 9.17) is 0 Å². The number of amides is 2. The van der Waals surface area contributed by atoms with Crippen LogP contribution >= 0.6 is 0 Å². The maximum absolute atomic E-state index is 12.0. The van der Waals surface area contributed by atoms with Crippen molar-refractivity contribution >= 4 is 17.4 Å². The third kappa shape index (κ3) is 5.47.